The van der Waals surface area contributed by atoms with Gasteiger partial charge in [-0.2, -0.15) is 0 Å². The molecule has 170 valence electrons. The number of nitrogens with one attached hydrogen (secondary N) is 2. The van der Waals surface area contributed by atoms with E-state index in [0.717, 1.165) is 30.1 Å². The van der Waals surface area contributed by atoms with Gasteiger partial charge in [0.1, 0.15) is 5.75 Å². The van der Waals surface area contributed by atoms with E-state index in [1.165, 1.54) is 38.6 Å². The standard InChI is InChI=1S/C27H35N3O2/c1-32-22-12-8-20(9-13-22)18-28-27(31)29-21-10-6-19(7-11-21)16-17-30-25-14-15-26(30)24-5-3-2-4-23(24)25/h2-5,8-9,12-13,19,21,25-26H,6-7,10-11,14-18H2,1H3,(H2,28,29,31). The molecule has 1 saturated heterocycles. The van der Waals surface area contributed by atoms with Crippen LogP contribution in [0.3, 0.4) is 0 Å². The van der Waals surface area contributed by atoms with Gasteiger partial charge in [0.25, 0.3) is 0 Å². The second kappa shape index (κ2) is 9.53. The third kappa shape index (κ3) is 4.49. The van der Waals surface area contributed by atoms with Crippen molar-refractivity contribution in [2.75, 3.05) is 13.7 Å². The van der Waals surface area contributed by atoms with E-state index in [-0.39, 0.29) is 6.03 Å². The zero-order valence-corrected chi connectivity index (χ0v) is 19.1. The van der Waals surface area contributed by atoms with Crippen LogP contribution in [0.1, 0.15) is 73.7 Å². The fourth-order valence-electron chi connectivity index (χ4n) is 6.05. The van der Waals surface area contributed by atoms with Crippen molar-refractivity contribution in [2.24, 2.45) is 5.92 Å². The number of amides is 2. The third-order valence-electron chi connectivity index (χ3n) is 7.82. The summed E-state index contributed by atoms with van der Waals surface area (Å²) in [7, 11) is 1.66. The van der Waals surface area contributed by atoms with Crippen LogP contribution in [0.2, 0.25) is 0 Å². The van der Waals surface area contributed by atoms with Gasteiger partial charge in [-0.3, -0.25) is 4.90 Å². The summed E-state index contributed by atoms with van der Waals surface area (Å²) < 4.78 is 5.18. The lowest BCUT2D eigenvalue weighted by atomic mass is 9.84. The minimum atomic E-state index is -0.0596. The Morgan fingerprint density at radius 3 is 2.22 bits per heavy atom. The fourth-order valence-corrected chi connectivity index (χ4v) is 6.05. The van der Waals surface area contributed by atoms with Gasteiger partial charge in [-0.05, 0) is 86.2 Å². The van der Waals surface area contributed by atoms with Crippen molar-refractivity contribution in [2.45, 2.75) is 69.6 Å². The zero-order valence-electron chi connectivity index (χ0n) is 19.1. The molecular weight excluding hydrogens is 398 g/mol. The number of ether oxygens (including phenoxy) is 1. The largest absolute Gasteiger partial charge is 0.497 e. The molecule has 1 saturated carbocycles. The van der Waals surface area contributed by atoms with Gasteiger partial charge in [0, 0.05) is 24.7 Å². The number of hydrogen-bond acceptors (Lipinski definition) is 3. The molecule has 2 amide bonds. The number of carbonyl (C=O) groups excluding carboxylic acids is 1. The predicted octanol–water partition coefficient (Wildman–Crippen LogP) is 5.34. The summed E-state index contributed by atoms with van der Waals surface area (Å²) in [4.78, 5) is 15.1. The van der Waals surface area contributed by atoms with Crippen LogP contribution < -0.4 is 15.4 Å². The number of benzene rings is 2. The molecule has 0 spiro atoms. The molecule has 2 fully saturated rings. The topological polar surface area (TPSA) is 53.6 Å². The Labute approximate surface area is 191 Å². The van der Waals surface area contributed by atoms with Gasteiger partial charge < -0.3 is 15.4 Å². The minimum absolute atomic E-state index is 0.0596. The van der Waals surface area contributed by atoms with Crippen molar-refractivity contribution < 1.29 is 9.53 Å². The predicted molar refractivity (Wildman–Crippen MR) is 127 cm³/mol. The molecule has 2 heterocycles. The van der Waals surface area contributed by atoms with Gasteiger partial charge in [0.05, 0.1) is 7.11 Å². The van der Waals surface area contributed by atoms with E-state index in [4.69, 9.17) is 4.74 Å². The monoisotopic (exact) mass is 433 g/mol. The van der Waals surface area contributed by atoms with Crippen molar-refractivity contribution in [3.05, 3.63) is 65.2 Å². The second-order valence-corrected chi connectivity index (χ2v) is 9.66. The van der Waals surface area contributed by atoms with Crippen LogP contribution >= 0.6 is 0 Å². The summed E-state index contributed by atoms with van der Waals surface area (Å²) in [6, 6.07) is 18.4. The average Bonchev–Trinajstić information content (AvgIpc) is 3.39. The van der Waals surface area contributed by atoms with Crippen LogP contribution in [0.4, 0.5) is 4.79 Å². The molecule has 2 N–H and O–H groups in total. The molecule has 5 rings (SSSR count). The van der Waals surface area contributed by atoms with Gasteiger partial charge in [-0.25, -0.2) is 4.79 Å². The van der Waals surface area contributed by atoms with Crippen LogP contribution in [0.25, 0.3) is 0 Å². The molecule has 0 aromatic heterocycles. The van der Waals surface area contributed by atoms with Crippen molar-refractivity contribution in [1.29, 1.82) is 0 Å². The van der Waals surface area contributed by atoms with E-state index >= 15 is 0 Å². The lowest BCUT2D eigenvalue weighted by Gasteiger charge is -2.31. The lowest BCUT2D eigenvalue weighted by Crippen LogP contribution is -2.43. The quantitative estimate of drug-likeness (QED) is 0.620. The van der Waals surface area contributed by atoms with Crippen molar-refractivity contribution >= 4 is 6.03 Å². The van der Waals surface area contributed by atoms with E-state index in [9.17, 15) is 4.79 Å². The molecular formula is C27H35N3O2. The van der Waals surface area contributed by atoms with E-state index in [1.54, 1.807) is 18.2 Å². The van der Waals surface area contributed by atoms with Crippen molar-refractivity contribution in [1.82, 2.24) is 15.5 Å². The van der Waals surface area contributed by atoms with E-state index < -0.39 is 0 Å². The zero-order chi connectivity index (χ0) is 21.9. The van der Waals surface area contributed by atoms with Crippen LogP contribution in [-0.2, 0) is 6.54 Å². The van der Waals surface area contributed by atoms with Gasteiger partial charge >= 0.3 is 6.03 Å². The highest BCUT2D eigenvalue weighted by atomic mass is 16.5. The molecule has 2 aromatic rings. The summed E-state index contributed by atoms with van der Waals surface area (Å²) in [6.45, 7) is 1.75. The molecule has 3 aliphatic rings. The SMILES string of the molecule is COc1ccc(CNC(=O)NC2CCC(CCN3C4CCC3c3ccccc34)CC2)cc1. The molecule has 5 heteroatoms. The van der Waals surface area contributed by atoms with Crippen LogP contribution in [0, 0.1) is 5.92 Å². The van der Waals surface area contributed by atoms with Gasteiger partial charge in [0.15, 0.2) is 0 Å². The molecule has 32 heavy (non-hydrogen) atoms. The number of nitrogens with zero attached hydrogens (tertiary/aromatic N) is 1. The molecule has 5 nitrogen and oxygen atoms in total. The third-order valence-corrected chi connectivity index (χ3v) is 7.82. The van der Waals surface area contributed by atoms with E-state index in [0.29, 0.717) is 24.7 Å². The Bertz CT molecular complexity index is 890. The number of methoxy groups -OCH3 is 1. The van der Waals surface area contributed by atoms with E-state index in [1.807, 2.05) is 24.3 Å². The first-order valence-electron chi connectivity index (χ1n) is 12.2. The van der Waals surface area contributed by atoms with Crippen LogP contribution in [0.15, 0.2) is 48.5 Å². The first-order valence-corrected chi connectivity index (χ1v) is 12.2. The number of rotatable bonds is 7. The molecule has 2 bridgehead atoms. The highest BCUT2D eigenvalue weighted by Crippen LogP contribution is 2.53. The Morgan fingerprint density at radius 2 is 1.59 bits per heavy atom. The highest BCUT2D eigenvalue weighted by Gasteiger charge is 2.43. The summed E-state index contributed by atoms with van der Waals surface area (Å²) >= 11 is 0. The maximum absolute atomic E-state index is 12.3. The molecule has 0 radical (unpaired) electrons. The van der Waals surface area contributed by atoms with Gasteiger partial charge in [-0.1, -0.05) is 36.4 Å². The maximum atomic E-state index is 12.3. The Morgan fingerprint density at radius 1 is 0.938 bits per heavy atom. The minimum Gasteiger partial charge on any atom is -0.497 e. The molecule has 2 aromatic carbocycles. The summed E-state index contributed by atoms with van der Waals surface area (Å²) in [5, 5.41) is 6.17. The first-order chi connectivity index (χ1) is 15.7. The average molecular weight is 434 g/mol. The Balaban J connectivity index is 1.02. The maximum Gasteiger partial charge on any atom is 0.315 e. The number of carbonyl (C=O) groups is 1. The number of urea groups is 1. The summed E-state index contributed by atoms with van der Waals surface area (Å²) in [5.41, 5.74) is 4.23. The van der Waals surface area contributed by atoms with Crippen LogP contribution in [0.5, 0.6) is 5.75 Å². The van der Waals surface area contributed by atoms with Gasteiger partial charge in [-0.15, -0.1) is 0 Å². The molecule has 2 unspecified atom stereocenters. The molecule has 2 aliphatic heterocycles. The Kier molecular flexibility index (Phi) is 6.35. The van der Waals surface area contributed by atoms with Gasteiger partial charge in [0.2, 0.25) is 0 Å². The highest BCUT2D eigenvalue weighted by molar-refractivity contribution is 5.74. The van der Waals surface area contributed by atoms with Crippen LogP contribution in [-0.4, -0.2) is 30.6 Å². The molecule has 1 aliphatic carbocycles. The number of hydrogen-bond donors (Lipinski definition) is 2. The normalized spacial score (nSPS) is 26.5. The smallest absolute Gasteiger partial charge is 0.315 e. The van der Waals surface area contributed by atoms with E-state index in [2.05, 4.69) is 39.8 Å². The second-order valence-electron chi connectivity index (χ2n) is 9.66. The lowest BCUT2D eigenvalue weighted by molar-refractivity contribution is 0.185. The molecule has 2 atom stereocenters. The Hall–Kier alpha value is -2.53. The summed E-state index contributed by atoms with van der Waals surface area (Å²) in [5.74, 6) is 1.62. The first kappa shape index (κ1) is 21.3. The number of fused-ring (bicyclic) bond motifs is 5. The van der Waals surface area contributed by atoms with Crippen molar-refractivity contribution in [3.63, 3.8) is 0 Å². The fraction of sp³-hybridized carbons (Fsp3) is 0.519. The van der Waals surface area contributed by atoms with Crippen molar-refractivity contribution in [3.8, 4) is 5.75 Å². The summed E-state index contributed by atoms with van der Waals surface area (Å²) in [6.07, 6.45) is 8.56.